The Hall–Kier alpha value is -1.75. The number of aromatic nitrogens is 4. The molecule has 1 unspecified atom stereocenters. The molecule has 0 bridgehead atoms. The Morgan fingerprint density at radius 2 is 2.36 bits per heavy atom. The fraction of sp³-hybridized carbons (Fsp3) is 0.222. The largest absolute Gasteiger partial charge is 0.319 e. The highest BCUT2D eigenvalue weighted by molar-refractivity contribution is 5.21. The lowest BCUT2D eigenvalue weighted by molar-refractivity contribution is 0.763. The van der Waals surface area contributed by atoms with Crippen molar-refractivity contribution in [3.05, 3.63) is 42.2 Å². The van der Waals surface area contributed by atoms with Crippen molar-refractivity contribution in [2.75, 3.05) is 0 Å². The van der Waals surface area contributed by atoms with Gasteiger partial charge in [-0.15, -0.1) is 0 Å². The Labute approximate surface area is 81.6 Å². The molecule has 0 saturated carbocycles. The number of hydrogen-bond acceptors (Lipinski definition) is 4. The van der Waals surface area contributed by atoms with Gasteiger partial charge in [0.1, 0.15) is 6.33 Å². The second kappa shape index (κ2) is 3.55. The molecule has 0 aliphatic heterocycles. The summed E-state index contributed by atoms with van der Waals surface area (Å²) in [5, 5.41) is 4.06. The van der Waals surface area contributed by atoms with Gasteiger partial charge in [0, 0.05) is 25.0 Å². The van der Waals surface area contributed by atoms with Crippen molar-refractivity contribution in [2.24, 2.45) is 12.8 Å². The first-order chi connectivity index (χ1) is 6.77. The Morgan fingerprint density at radius 3 is 2.93 bits per heavy atom. The van der Waals surface area contributed by atoms with Crippen molar-refractivity contribution >= 4 is 0 Å². The normalized spacial score (nSPS) is 12.7. The number of nitrogens with zero attached hydrogens (tertiary/aromatic N) is 4. The zero-order valence-corrected chi connectivity index (χ0v) is 7.83. The molecule has 0 fully saturated rings. The molecule has 2 rings (SSSR count). The molecule has 1 atom stereocenters. The maximum absolute atomic E-state index is 5.99. The van der Waals surface area contributed by atoms with E-state index in [2.05, 4.69) is 15.1 Å². The smallest absolute Gasteiger partial charge is 0.115 e. The fourth-order valence-corrected chi connectivity index (χ4v) is 1.26. The maximum atomic E-state index is 5.99. The average molecular weight is 189 g/mol. The number of nitrogens with two attached hydrogens (primary N) is 1. The Kier molecular flexibility index (Phi) is 2.24. The van der Waals surface area contributed by atoms with Crippen LogP contribution >= 0.6 is 0 Å². The van der Waals surface area contributed by atoms with Crippen molar-refractivity contribution in [3.63, 3.8) is 0 Å². The van der Waals surface area contributed by atoms with Gasteiger partial charge < -0.3 is 5.73 Å². The molecule has 2 aromatic rings. The quantitative estimate of drug-likeness (QED) is 0.735. The number of aryl methyl sites for hydroxylation is 1. The second-order valence-electron chi connectivity index (χ2n) is 3.06. The van der Waals surface area contributed by atoms with Gasteiger partial charge >= 0.3 is 0 Å². The summed E-state index contributed by atoms with van der Waals surface area (Å²) in [5.74, 6) is 0. The molecule has 5 heteroatoms. The van der Waals surface area contributed by atoms with Crippen LogP contribution < -0.4 is 5.73 Å². The van der Waals surface area contributed by atoms with Crippen molar-refractivity contribution < 1.29 is 0 Å². The maximum Gasteiger partial charge on any atom is 0.115 e. The van der Waals surface area contributed by atoms with Gasteiger partial charge in [-0.25, -0.2) is 9.97 Å². The minimum atomic E-state index is -0.230. The SMILES string of the molecule is Cn1cc(C(N)c2ccncn2)cn1. The zero-order valence-electron chi connectivity index (χ0n) is 7.83. The molecule has 0 aromatic carbocycles. The molecular formula is C9H11N5. The first-order valence-corrected chi connectivity index (χ1v) is 4.27. The molecule has 0 aliphatic rings. The highest BCUT2D eigenvalue weighted by atomic mass is 15.2. The Morgan fingerprint density at radius 1 is 1.50 bits per heavy atom. The van der Waals surface area contributed by atoms with Gasteiger partial charge in [0.2, 0.25) is 0 Å². The topological polar surface area (TPSA) is 69.6 Å². The van der Waals surface area contributed by atoms with E-state index in [0.717, 1.165) is 11.3 Å². The molecule has 14 heavy (non-hydrogen) atoms. The van der Waals surface area contributed by atoms with E-state index in [1.807, 2.05) is 13.2 Å². The van der Waals surface area contributed by atoms with Crippen LogP contribution in [0.15, 0.2) is 31.0 Å². The first kappa shape index (κ1) is 8.83. The van der Waals surface area contributed by atoms with E-state index in [1.165, 1.54) is 6.33 Å². The van der Waals surface area contributed by atoms with Gasteiger partial charge in [0.25, 0.3) is 0 Å². The van der Waals surface area contributed by atoms with Crippen LogP contribution in [0.25, 0.3) is 0 Å². The third-order valence-corrected chi connectivity index (χ3v) is 2.01. The highest BCUT2D eigenvalue weighted by Crippen LogP contribution is 2.15. The minimum Gasteiger partial charge on any atom is -0.319 e. The van der Waals surface area contributed by atoms with Crippen molar-refractivity contribution in [3.8, 4) is 0 Å². The monoisotopic (exact) mass is 189 g/mol. The van der Waals surface area contributed by atoms with E-state index < -0.39 is 0 Å². The van der Waals surface area contributed by atoms with E-state index in [-0.39, 0.29) is 6.04 Å². The van der Waals surface area contributed by atoms with Crippen molar-refractivity contribution in [1.82, 2.24) is 19.7 Å². The van der Waals surface area contributed by atoms with Crippen LogP contribution in [0, 0.1) is 0 Å². The van der Waals surface area contributed by atoms with Crippen LogP contribution in [0.5, 0.6) is 0 Å². The Balaban J connectivity index is 2.29. The summed E-state index contributed by atoms with van der Waals surface area (Å²) in [5.41, 5.74) is 7.74. The molecule has 2 aromatic heterocycles. The lowest BCUT2D eigenvalue weighted by atomic mass is 10.1. The molecule has 72 valence electrons. The van der Waals surface area contributed by atoms with Crippen LogP contribution in [0.4, 0.5) is 0 Å². The summed E-state index contributed by atoms with van der Waals surface area (Å²) < 4.78 is 1.72. The molecular weight excluding hydrogens is 178 g/mol. The summed E-state index contributed by atoms with van der Waals surface area (Å²) in [7, 11) is 1.86. The lowest BCUT2D eigenvalue weighted by Crippen LogP contribution is -2.12. The highest BCUT2D eigenvalue weighted by Gasteiger charge is 2.11. The molecule has 0 spiro atoms. The van der Waals surface area contributed by atoms with Gasteiger partial charge in [-0.3, -0.25) is 4.68 Å². The third kappa shape index (κ3) is 1.62. The predicted octanol–water partition coefficient (Wildman–Crippen LogP) is 0.258. The molecule has 0 aliphatic carbocycles. The molecule has 0 saturated heterocycles. The average Bonchev–Trinajstić information content (AvgIpc) is 2.65. The zero-order chi connectivity index (χ0) is 9.97. The van der Waals surface area contributed by atoms with E-state index in [1.54, 1.807) is 23.1 Å². The molecule has 5 nitrogen and oxygen atoms in total. The van der Waals surface area contributed by atoms with Crippen LogP contribution in [0.2, 0.25) is 0 Å². The van der Waals surface area contributed by atoms with Crippen LogP contribution in [-0.4, -0.2) is 19.7 Å². The first-order valence-electron chi connectivity index (χ1n) is 4.27. The van der Waals surface area contributed by atoms with Crippen LogP contribution in [0.1, 0.15) is 17.3 Å². The van der Waals surface area contributed by atoms with E-state index in [4.69, 9.17) is 5.73 Å². The minimum absolute atomic E-state index is 0.230. The molecule has 0 amide bonds. The predicted molar refractivity (Wildman–Crippen MR) is 51.3 cm³/mol. The third-order valence-electron chi connectivity index (χ3n) is 2.01. The summed E-state index contributed by atoms with van der Waals surface area (Å²) >= 11 is 0. The number of rotatable bonds is 2. The summed E-state index contributed by atoms with van der Waals surface area (Å²) in [6, 6.07) is 1.57. The fourth-order valence-electron chi connectivity index (χ4n) is 1.26. The van der Waals surface area contributed by atoms with Gasteiger partial charge in [0.15, 0.2) is 0 Å². The van der Waals surface area contributed by atoms with Gasteiger partial charge in [-0.2, -0.15) is 5.10 Å². The van der Waals surface area contributed by atoms with Crippen LogP contribution in [-0.2, 0) is 7.05 Å². The molecule has 2 N–H and O–H groups in total. The summed E-state index contributed by atoms with van der Waals surface area (Å²) in [6.07, 6.45) is 6.80. The van der Waals surface area contributed by atoms with Gasteiger partial charge in [-0.05, 0) is 6.07 Å². The summed E-state index contributed by atoms with van der Waals surface area (Å²) in [4.78, 5) is 7.93. The number of hydrogen-bond donors (Lipinski definition) is 1. The van der Waals surface area contributed by atoms with E-state index in [0.29, 0.717) is 0 Å². The molecule has 0 radical (unpaired) electrons. The summed E-state index contributed by atoms with van der Waals surface area (Å²) in [6.45, 7) is 0. The molecule has 2 heterocycles. The van der Waals surface area contributed by atoms with Crippen molar-refractivity contribution in [2.45, 2.75) is 6.04 Å². The Bertz CT molecular complexity index is 408. The van der Waals surface area contributed by atoms with Gasteiger partial charge in [0.05, 0.1) is 17.9 Å². The van der Waals surface area contributed by atoms with E-state index in [9.17, 15) is 0 Å². The second-order valence-corrected chi connectivity index (χ2v) is 3.06. The lowest BCUT2D eigenvalue weighted by Gasteiger charge is -2.06. The van der Waals surface area contributed by atoms with Crippen molar-refractivity contribution in [1.29, 1.82) is 0 Å². The van der Waals surface area contributed by atoms with E-state index >= 15 is 0 Å². The van der Waals surface area contributed by atoms with Crippen LogP contribution in [0.3, 0.4) is 0 Å². The standard InChI is InChI=1S/C9H11N5/c1-14-5-7(4-13-14)9(10)8-2-3-11-6-12-8/h2-6,9H,10H2,1H3. The van der Waals surface area contributed by atoms with Gasteiger partial charge in [-0.1, -0.05) is 0 Å².